The van der Waals surface area contributed by atoms with E-state index >= 15 is 0 Å². The van der Waals surface area contributed by atoms with Gasteiger partial charge in [-0.1, -0.05) is 12.8 Å². The monoisotopic (exact) mass is 260 g/mol. The molecule has 1 fully saturated rings. The molecular weight excluding hydrogens is 240 g/mol. The largest absolute Gasteiger partial charge is 0.480 e. The predicted octanol–water partition coefficient (Wildman–Crippen LogP) is 0.436. The zero-order valence-corrected chi connectivity index (χ0v) is 10.8. The van der Waals surface area contributed by atoms with Gasteiger partial charge in [-0.2, -0.15) is 11.8 Å². The summed E-state index contributed by atoms with van der Waals surface area (Å²) in [6.45, 7) is 0. The lowest BCUT2D eigenvalue weighted by Gasteiger charge is -2.17. The van der Waals surface area contributed by atoms with Crippen molar-refractivity contribution < 1.29 is 14.7 Å². The van der Waals surface area contributed by atoms with Crippen LogP contribution in [-0.4, -0.2) is 41.1 Å². The van der Waals surface area contributed by atoms with Gasteiger partial charge in [0.2, 0.25) is 5.91 Å². The van der Waals surface area contributed by atoms with E-state index in [0.717, 1.165) is 18.6 Å². The van der Waals surface area contributed by atoms with E-state index in [1.165, 1.54) is 0 Å². The molecule has 0 heterocycles. The Morgan fingerprint density at radius 2 is 2.18 bits per heavy atom. The second kappa shape index (κ2) is 6.86. The quantitative estimate of drug-likeness (QED) is 0.589. The fourth-order valence-corrected chi connectivity index (χ4v) is 2.05. The number of carbonyl (C=O) groups is 2. The minimum Gasteiger partial charge on any atom is -0.480 e. The Kier molecular flexibility index (Phi) is 5.77. The van der Waals surface area contributed by atoms with E-state index in [-0.39, 0.29) is 5.91 Å². The fraction of sp³-hybridized carbons (Fsp3) is 0.818. The van der Waals surface area contributed by atoms with E-state index in [1.807, 2.05) is 6.26 Å². The van der Waals surface area contributed by atoms with Crippen molar-refractivity contribution in [2.24, 2.45) is 11.7 Å². The third-order valence-electron chi connectivity index (χ3n) is 2.85. The van der Waals surface area contributed by atoms with Gasteiger partial charge in [-0.15, -0.1) is 0 Å². The first-order chi connectivity index (χ1) is 8.04. The lowest BCUT2D eigenvalue weighted by molar-refractivity contribution is -0.142. The van der Waals surface area contributed by atoms with Crippen LogP contribution in [0.25, 0.3) is 0 Å². The van der Waals surface area contributed by atoms with Crippen LogP contribution in [0.15, 0.2) is 0 Å². The highest BCUT2D eigenvalue weighted by atomic mass is 32.2. The molecule has 1 aliphatic carbocycles. The summed E-state index contributed by atoms with van der Waals surface area (Å²) in [7, 11) is 0. The molecule has 0 bridgehead atoms. The number of hydrogen-bond donors (Lipinski definition) is 3. The Hall–Kier alpha value is -0.750. The Morgan fingerprint density at radius 1 is 1.53 bits per heavy atom. The Labute approximate surface area is 106 Å². The summed E-state index contributed by atoms with van der Waals surface area (Å²) in [5.74, 6) is -0.0668. The molecule has 0 saturated heterocycles. The minimum atomic E-state index is -0.970. The molecule has 6 heteroatoms. The number of carboxylic acid groups (broad SMARTS) is 1. The molecule has 1 aliphatic rings. The van der Waals surface area contributed by atoms with Crippen LogP contribution < -0.4 is 11.1 Å². The van der Waals surface area contributed by atoms with E-state index in [2.05, 4.69) is 5.32 Å². The van der Waals surface area contributed by atoms with Crippen LogP contribution in [0.1, 0.15) is 25.7 Å². The maximum atomic E-state index is 11.7. The third-order valence-corrected chi connectivity index (χ3v) is 3.49. The maximum Gasteiger partial charge on any atom is 0.326 e. The smallest absolute Gasteiger partial charge is 0.326 e. The van der Waals surface area contributed by atoms with Crippen molar-refractivity contribution in [2.75, 3.05) is 12.0 Å². The van der Waals surface area contributed by atoms with Crippen molar-refractivity contribution in [3.8, 4) is 0 Å². The molecule has 1 rings (SSSR count). The highest BCUT2D eigenvalue weighted by molar-refractivity contribution is 7.98. The van der Waals surface area contributed by atoms with Crippen molar-refractivity contribution in [3.05, 3.63) is 0 Å². The van der Waals surface area contributed by atoms with Crippen LogP contribution in [0.2, 0.25) is 0 Å². The average Bonchev–Trinajstić information content (AvgIpc) is 3.08. The SMILES string of the molecule is CSCC[C@H](N)C(=O)NC(CC1CC1)C(=O)O. The molecule has 1 amide bonds. The van der Waals surface area contributed by atoms with Crippen molar-refractivity contribution in [1.82, 2.24) is 5.32 Å². The van der Waals surface area contributed by atoms with Crippen molar-refractivity contribution in [3.63, 3.8) is 0 Å². The normalized spacial score (nSPS) is 18.5. The molecule has 0 aliphatic heterocycles. The van der Waals surface area contributed by atoms with Crippen LogP contribution in [0, 0.1) is 5.92 Å². The van der Waals surface area contributed by atoms with Gasteiger partial charge in [-0.25, -0.2) is 4.79 Å². The average molecular weight is 260 g/mol. The fourth-order valence-electron chi connectivity index (χ4n) is 1.56. The van der Waals surface area contributed by atoms with Crippen LogP contribution in [0.5, 0.6) is 0 Å². The standard InChI is InChI=1S/C11H20N2O3S/c1-17-5-4-8(12)10(14)13-9(11(15)16)6-7-2-3-7/h7-9H,2-6,12H2,1H3,(H,13,14)(H,15,16)/t8-,9?/m0/s1. The number of nitrogens with two attached hydrogens (primary N) is 1. The summed E-state index contributed by atoms with van der Waals surface area (Å²) in [5, 5.41) is 11.5. The third kappa shape index (κ3) is 5.41. The minimum absolute atomic E-state index is 0.355. The molecule has 4 N–H and O–H groups in total. The van der Waals surface area contributed by atoms with Crippen molar-refractivity contribution in [1.29, 1.82) is 0 Å². The highest BCUT2D eigenvalue weighted by Crippen LogP contribution is 2.33. The number of carboxylic acids is 1. The summed E-state index contributed by atoms with van der Waals surface area (Å²) < 4.78 is 0. The Balaban J connectivity index is 2.36. The van der Waals surface area contributed by atoms with Crippen LogP contribution in [-0.2, 0) is 9.59 Å². The summed E-state index contributed by atoms with van der Waals surface area (Å²) in [6.07, 6.45) is 5.17. The van der Waals surface area contributed by atoms with E-state index in [1.54, 1.807) is 11.8 Å². The molecule has 0 radical (unpaired) electrons. The van der Waals surface area contributed by atoms with E-state index < -0.39 is 18.1 Å². The van der Waals surface area contributed by atoms with E-state index in [0.29, 0.717) is 18.8 Å². The summed E-state index contributed by atoms with van der Waals surface area (Å²) in [6, 6.07) is -1.39. The zero-order chi connectivity index (χ0) is 12.8. The summed E-state index contributed by atoms with van der Waals surface area (Å²) in [4.78, 5) is 22.6. The van der Waals surface area contributed by atoms with Gasteiger partial charge in [0.15, 0.2) is 0 Å². The van der Waals surface area contributed by atoms with Gasteiger partial charge < -0.3 is 16.2 Å². The lowest BCUT2D eigenvalue weighted by Crippen LogP contribution is -2.48. The predicted molar refractivity (Wildman–Crippen MR) is 67.9 cm³/mol. The molecular formula is C11H20N2O3S. The number of hydrogen-bond acceptors (Lipinski definition) is 4. The number of nitrogens with one attached hydrogen (secondary N) is 1. The van der Waals surface area contributed by atoms with Gasteiger partial charge in [-0.3, -0.25) is 4.79 Å². The Bertz CT molecular complexity index is 282. The van der Waals surface area contributed by atoms with Gasteiger partial charge in [0, 0.05) is 0 Å². The lowest BCUT2D eigenvalue weighted by atomic mass is 10.1. The molecule has 0 aromatic heterocycles. The molecule has 0 spiro atoms. The summed E-state index contributed by atoms with van der Waals surface area (Å²) in [5.41, 5.74) is 5.68. The van der Waals surface area contributed by atoms with Crippen molar-refractivity contribution in [2.45, 2.75) is 37.8 Å². The van der Waals surface area contributed by atoms with Crippen molar-refractivity contribution >= 4 is 23.6 Å². The van der Waals surface area contributed by atoms with Gasteiger partial charge in [0.05, 0.1) is 6.04 Å². The number of carbonyl (C=O) groups excluding carboxylic acids is 1. The number of amides is 1. The topological polar surface area (TPSA) is 92.4 Å². The van der Waals surface area contributed by atoms with Gasteiger partial charge in [0.1, 0.15) is 6.04 Å². The molecule has 2 atom stereocenters. The van der Waals surface area contributed by atoms with Crippen LogP contribution >= 0.6 is 11.8 Å². The number of thioether (sulfide) groups is 1. The molecule has 0 aromatic carbocycles. The number of rotatable bonds is 8. The first kappa shape index (κ1) is 14.3. The molecule has 0 aromatic rings. The van der Waals surface area contributed by atoms with Crippen LogP contribution in [0.3, 0.4) is 0 Å². The molecule has 17 heavy (non-hydrogen) atoms. The van der Waals surface area contributed by atoms with E-state index in [9.17, 15) is 9.59 Å². The maximum absolute atomic E-state index is 11.7. The Morgan fingerprint density at radius 3 is 2.65 bits per heavy atom. The first-order valence-corrected chi connectivity index (χ1v) is 7.21. The highest BCUT2D eigenvalue weighted by Gasteiger charge is 2.30. The number of aliphatic carboxylic acids is 1. The van der Waals surface area contributed by atoms with Crippen LogP contribution in [0.4, 0.5) is 0 Å². The second-order valence-corrected chi connectivity index (χ2v) is 5.45. The molecule has 1 unspecified atom stereocenters. The zero-order valence-electron chi connectivity index (χ0n) is 10.0. The van der Waals surface area contributed by atoms with E-state index in [4.69, 9.17) is 10.8 Å². The molecule has 5 nitrogen and oxygen atoms in total. The van der Waals surface area contributed by atoms with Gasteiger partial charge >= 0.3 is 5.97 Å². The molecule has 98 valence electrons. The second-order valence-electron chi connectivity index (χ2n) is 4.47. The van der Waals surface area contributed by atoms with Gasteiger partial charge in [0.25, 0.3) is 0 Å². The summed E-state index contributed by atoms with van der Waals surface area (Å²) >= 11 is 1.62. The van der Waals surface area contributed by atoms with Gasteiger partial charge in [-0.05, 0) is 30.8 Å². The molecule has 1 saturated carbocycles. The first-order valence-electron chi connectivity index (χ1n) is 5.82.